The molecule has 0 saturated carbocycles. The molecule has 2 amide bonds. The summed E-state index contributed by atoms with van der Waals surface area (Å²) in [7, 11) is 2.33. The Hall–Kier alpha value is -15.1. The van der Waals surface area contributed by atoms with Gasteiger partial charge in [-0.05, 0) is 154 Å². The van der Waals surface area contributed by atoms with E-state index in [9.17, 15) is 129 Å². The Balaban J connectivity index is -0.000000197. The number of unbranched alkanes of at least 4 members (excludes halogenated alkanes) is 5. The Kier molecular flexibility index (Phi) is 97.6. The quantitative estimate of drug-likeness (QED) is 0.0239. The minimum atomic E-state index is -1.44. The number of rotatable bonds is 61. The Labute approximate surface area is 813 Å². The smallest absolute Gasteiger partial charge is 0.340 e. The number of esters is 17. The van der Waals surface area contributed by atoms with Crippen LogP contribution in [-0.2, 0) is 210 Å². The molecule has 0 saturated heterocycles. The maximum absolute atomic E-state index is 11.3. The van der Waals surface area contributed by atoms with E-state index in [1.54, 1.807) is 27.7 Å². The lowest BCUT2D eigenvalue weighted by Gasteiger charge is -2.14. The van der Waals surface area contributed by atoms with Gasteiger partial charge in [0.15, 0.2) is 11.7 Å². The molecule has 2 N–H and O–H groups in total. The van der Waals surface area contributed by atoms with Crippen LogP contribution in [0.2, 0.25) is 0 Å². The van der Waals surface area contributed by atoms with Crippen molar-refractivity contribution in [3.63, 3.8) is 0 Å². The fraction of sp³-hybridized carbons (Fsp3) is 0.521. The molecule has 0 spiro atoms. The van der Waals surface area contributed by atoms with Crippen molar-refractivity contribution < 1.29 is 210 Å². The first kappa shape index (κ1) is 143. The monoisotopic (exact) mass is 2000 g/mol. The van der Waals surface area contributed by atoms with Gasteiger partial charge >= 0.3 is 101 Å². The molecule has 0 aromatic rings. The lowest BCUT2D eigenvalue weighted by atomic mass is 10.1. The number of amides is 2. The molecule has 0 aliphatic carbocycles. The maximum Gasteiger partial charge on any atom is 0.340 e. The normalized spacial score (nSPS) is 9.55. The molecule has 0 aliphatic heterocycles. The number of nitrogens with one attached hydrogen (secondary N) is 2. The van der Waals surface area contributed by atoms with Gasteiger partial charge in [-0.3, -0.25) is 86.3 Å². The zero-order valence-electron chi connectivity index (χ0n) is 82.4. The van der Waals surface area contributed by atoms with E-state index in [1.807, 2.05) is 0 Å². The van der Waals surface area contributed by atoms with E-state index in [0.717, 1.165) is 76.4 Å². The number of methoxy groups -OCH3 is 2. The van der Waals surface area contributed by atoms with E-state index in [1.165, 1.54) is 62.3 Å². The number of Topliss-reactive ketones (excluding diaryl/α,β-unsaturated/α-hetero) is 8. The van der Waals surface area contributed by atoms with Gasteiger partial charge in [-0.15, -0.1) is 0 Å². The first-order chi connectivity index (χ1) is 65.5. The number of hydrogen-bond acceptors (Lipinski definition) is 44. The summed E-state index contributed by atoms with van der Waals surface area (Å²) in [5.41, 5.74) is 0.889. The second kappa shape index (κ2) is 95.7. The molecule has 0 heterocycles. The Morgan fingerprint density at radius 2 is 0.543 bits per heavy atom. The molecule has 0 rings (SSSR count). The van der Waals surface area contributed by atoms with Gasteiger partial charge in [0.25, 0.3) is 0 Å². The van der Waals surface area contributed by atoms with E-state index < -0.39 is 131 Å². The first-order valence-corrected chi connectivity index (χ1v) is 42.5. The summed E-state index contributed by atoms with van der Waals surface area (Å²) in [4.78, 5) is 292. The maximum atomic E-state index is 11.3. The van der Waals surface area contributed by atoms with Crippen LogP contribution in [0.4, 0.5) is 0 Å². The zero-order valence-corrected chi connectivity index (χ0v) is 82.4. The van der Waals surface area contributed by atoms with Crippen LogP contribution >= 0.6 is 0 Å². The lowest BCUT2D eigenvalue weighted by Crippen LogP contribution is -2.47. The largest absolute Gasteiger partial charge is 0.468 e. The fourth-order valence-corrected chi connectivity index (χ4v) is 7.55. The molecule has 0 radical (unpaired) electrons. The van der Waals surface area contributed by atoms with Crippen LogP contribution in [0.25, 0.3) is 0 Å². The third-order valence-electron chi connectivity index (χ3n) is 13.9. The topological polar surface area (TPSA) is 642 Å². The summed E-state index contributed by atoms with van der Waals surface area (Å²) >= 11 is 0. The Bertz CT molecular complexity index is 4090. The SMILES string of the molecule is C=C(C)C(=O)OCCC(C(=O)OC)C(=O)OC.C=C(C)C(=O)OCCCCOC(=O)CC(C)=O.C=C(C)C(=O)OCCOC(=O)CC(C)=O.C=CC(=O)NC(C(=O)OCC)C(=O)OCC.C=CC(=O)NCC(=O)CC(C)=O.C=CC(=O)OCC(C)OC(=O)CC(C)=O.C=CC(=O)OCCCCCCOC(=O)CC(C)=O.C=CC(=O)OCCCCOC(=O)CC(C)=O.C=CC(=O)OCCOC(=O)CC(C)=O. The van der Waals surface area contributed by atoms with Gasteiger partial charge in [-0.1, -0.05) is 59.2 Å². The van der Waals surface area contributed by atoms with Gasteiger partial charge in [-0.2, -0.15) is 0 Å². The number of hydrogen-bond donors (Lipinski definition) is 2. The van der Waals surface area contributed by atoms with Crippen LogP contribution in [0.15, 0.2) is 112 Å². The fourth-order valence-electron chi connectivity index (χ4n) is 7.55. The van der Waals surface area contributed by atoms with Crippen LogP contribution in [0.5, 0.6) is 0 Å². The van der Waals surface area contributed by atoms with Gasteiger partial charge in [0.2, 0.25) is 17.9 Å². The van der Waals surface area contributed by atoms with E-state index in [4.69, 9.17) is 37.9 Å². The van der Waals surface area contributed by atoms with Crippen molar-refractivity contribution in [2.75, 3.05) is 113 Å². The van der Waals surface area contributed by atoms with Crippen molar-refractivity contribution in [2.24, 2.45) is 5.92 Å². The highest BCUT2D eigenvalue weighted by Gasteiger charge is 2.31. The van der Waals surface area contributed by atoms with E-state index in [0.29, 0.717) is 44.5 Å². The molecule has 0 aromatic heterocycles. The van der Waals surface area contributed by atoms with Crippen molar-refractivity contribution in [1.29, 1.82) is 0 Å². The van der Waals surface area contributed by atoms with Gasteiger partial charge in [-0.25, -0.2) is 43.2 Å². The van der Waals surface area contributed by atoms with Crippen LogP contribution in [0.3, 0.4) is 0 Å². The molecule has 46 nitrogen and oxygen atoms in total. The van der Waals surface area contributed by atoms with Crippen LogP contribution in [0.1, 0.15) is 193 Å². The third kappa shape index (κ3) is 108. The number of carbonyl (C=O) groups is 27. The summed E-state index contributed by atoms with van der Waals surface area (Å²) in [6.07, 6.45) is 9.98. The standard InChI is InChI=1S/C13H20O5.C12H18O5.C11H16O6.C11H16O5.C10H15NO5.2C10H14O5.C9H12O5.C8H11NO3/c1-3-12(15)17-8-6-4-5-7-9-18-13(16)10-11(2)14;1-9(2)12(15)17-7-5-4-6-16-11(14)8-10(3)13;1-7(2)9(12)17-6-5-8(10(13)15-3)11(14)16-4;1-3-10(13)15-6-4-5-7-16-11(14)8-9(2)12;1-4-7(12)11-8(9(13)15-5-2)10(14)16-6-3;1-7(2)10(13)15-5-4-14-9(12)6-8(3)11;1-4-9(12)14-6-8(3)15-10(13)5-7(2)11;1-3-8(11)13-4-5-14-9(12)6-7(2)10;1-3-8(12)9-5-7(11)4-6(2)10/h3H,1,4-10H2,2H3;1,4-8H2,2-3H3;8H,1,5-6H2,2-4H3;3H,1,4-8H2,2H3;4,8H,1,5-6H2,2-3H3,(H,11,12);1,4-6H2,2-3H3;4,8H,1,5-6H2,2-3H3;3H,1,4-6H2,2H3;3H,1,4-5H2,2H3,(H,9,12). The molecular weight excluding hydrogens is 1860 g/mol. The van der Waals surface area contributed by atoms with Crippen molar-refractivity contribution in [3.8, 4) is 0 Å². The Morgan fingerprint density at radius 3 is 0.836 bits per heavy atom. The third-order valence-corrected chi connectivity index (χ3v) is 13.9. The average molecular weight is 2000 g/mol. The van der Waals surface area contributed by atoms with Gasteiger partial charge in [0.1, 0.15) is 118 Å². The van der Waals surface area contributed by atoms with E-state index in [2.05, 4.69) is 112 Å². The van der Waals surface area contributed by atoms with Crippen molar-refractivity contribution >= 4 is 160 Å². The predicted octanol–water partition coefficient (Wildman–Crippen LogP) is 5.80. The van der Waals surface area contributed by atoms with Gasteiger partial charge in [0.05, 0.1) is 86.6 Å². The molecular formula is C94H136N2O44. The van der Waals surface area contributed by atoms with Crippen LogP contribution in [-0.4, -0.2) is 285 Å². The number of ketones is 8. The van der Waals surface area contributed by atoms with E-state index in [-0.39, 0.29) is 195 Å². The summed E-state index contributed by atoms with van der Waals surface area (Å²) in [5, 5.41) is 4.41. The van der Waals surface area contributed by atoms with E-state index >= 15 is 0 Å². The first-order valence-electron chi connectivity index (χ1n) is 42.5. The lowest BCUT2D eigenvalue weighted by molar-refractivity contribution is -0.161. The highest BCUT2D eigenvalue weighted by Crippen LogP contribution is 2.10. The molecule has 786 valence electrons. The molecule has 1 atom stereocenters. The molecule has 1 unspecified atom stereocenters. The molecule has 0 aromatic carbocycles. The molecule has 46 heteroatoms. The Morgan fingerprint density at radius 1 is 0.286 bits per heavy atom. The average Bonchev–Trinajstić information content (AvgIpc) is 0.892. The minimum absolute atomic E-state index is 0.0123. The zero-order chi connectivity index (χ0) is 110. The van der Waals surface area contributed by atoms with Crippen LogP contribution in [0, 0.1) is 5.92 Å². The second-order valence-electron chi connectivity index (χ2n) is 27.6. The van der Waals surface area contributed by atoms with Gasteiger partial charge < -0.3 is 91.2 Å². The summed E-state index contributed by atoms with van der Waals surface area (Å²) < 4.78 is 79.5. The summed E-state index contributed by atoms with van der Waals surface area (Å²) in [6, 6.07) is -1.44. The van der Waals surface area contributed by atoms with Crippen LogP contribution < -0.4 is 10.6 Å². The van der Waals surface area contributed by atoms with Crippen molar-refractivity contribution in [1.82, 2.24) is 10.6 Å². The molecule has 0 fully saturated rings. The number of ether oxygens (including phenoxy) is 17. The van der Waals surface area contributed by atoms with Gasteiger partial charge in [0, 0.05) is 47.4 Å². The minimum Gasteiger partial charge on any atom is -0.468 e. The predicted molar refractivity (Wildman–Crippen MR) is 492 cm³/mol. The second-order valence-corrected chi connectivity index (χ2v) is 27.6. The highest BCUT2D eigenvalue weighted by atomic mass is 16.6. The highest BCUT2D eigenvalue weighted by molar-refractivity contribution is 6.05. The van der Waals surface area contributed by atoms with Crippen molar-refractivity contribution in [3.05, 3.63) is 112 Å². The summed E-state index contributed by atoms with van der Waals surface area (Å²) in [5.74, 6) is -14.1. The number of carbonyl (C=O) groups excluding carboxylic acids is 27. The van der Waals surface area contributed by atoms with Crippen molar-refractivity contribution in [2.45, 2.75) is 205 Å². The molecule has 0 bridgehead atoms. The molecule has 0 aliphatic rings. The summed E-state index contributed by atoms with van der Waals surface area (Å²) in [6.45, 7) is 49.7. The molecule has 140 heavy (non-hydrogen) atoms.